The smallest absolute Gasteiger partial charge is 0.198 e. The number of nitrogens with zero attached hydrogens (tertiary/aromatic N) is 1. The Bertz CT molecular complexity index is 4030. The summed E-state index contributed by atoms with van der Waals surface area (Å²) in [5.74, 6) is 0. The zero-order chi connectivity index (χ0) is 46.4. The average Bonchev–Trinajstić information content (AvgIpc) is 4.03. The molecule has 4 heterocycles. The number of furan rings is 1. The van der Waals surface area contributed by atoms with Crippen molar-refractivity contribution >= 4 is 105 Å². The molecule has 3 nitrogen and oxygen atoms in total. The SMILES string of the molecule is CC(C)(C)c1ccc(Nc2cc3sc4ccccc4c3cc2-c2c3c(c4c5cc6c(cc5n5c4c2Bc2cc4oc7ccccc7c4cc2-5)C(C)(C)CCC6(C)C)-c2ccccc2C3(C)C)cc1. The summed E-state index contributed by atoms with van der Waals surface area (Å²) in [6.07, 6.45) is 2.33. The Kier molecular flexibility index (Phi) is 7.96. The van der Waals surface area contributed by atoms with Crippen molar-refractivity contribution in [1.82, 2.24) is 4.57 Å². The molecule has 0 radical (unpaired) electrons. The summed E-state index contributed by atoms with van der Waals surface area (Å²) in [6, 6.07) is 51.1. The average molecular weight is 899 g/mol. The van der Waals surface area contributed by atoms with E-state index in [9.17, 15) is 0 Å². The maximum atomic E-state index is 6.71. The summed E-state index contributed by atoms with van der Waals surface area (Å²) < 4.78 is 12.0. The Morgan fingerprint density at radius 3 is 2.09 bits per heavy atom. The minimum Gasteiger partial charge on any atom is -0.456 e. The zero-order valence-corrected chi connectivity index (χ0v) is 41.4. The first kappa shape index (κ1) is 40.5. The molecule has 5 heteroatoms. The summed E-state index contributed by atoms with van der Waals surface area (Å²) in [5, 5.41) is 11.8. The van der Waals surface area contributed by atoms with Crippen molar-refractivity contribution in [2.75, 3.05) is 5.32 Å². The number of thiophene rings is 1. The van der Waals surface area contributed by atoms with Crippen molar-refractivity contribution in [3.05, 3.63) is 161 Å². The third kappa shape index (κ3) is 5.43. The van der Waals surface area contributed by atoms with Crippen molar-refractivity contribution in [3.8, 4) is 27.9 Å². The monoisotopic (exact) mass is 898 g/mol. The van der Waals surface area contributed by atoms with Gasteiger partial charge in [0.05, 0.1) is 5.52 Å². The largest absolute Gasteiger partial charge is 0.456 e. The highest BCUT2D eigenvalue weighted by Gasteiger charge is 2.44. The molecule has 2 aliphatic carbocycles. The van der Waals surface area contributed by atoms with Crippen molar-refractivity contribution < 1.29 is 4.42 Å². The first-order chi connectivity index (χ1) is 32.6. The molecule has 0 unspecified atom stereocenters. The molecule has 0 spiro atoms. The van der Waals surface area contributed by atoms with Crippen LogP contribution in [0.25, 0.3) is 91.9 Å². The number of aromatic nitrogens is 1. The van der Waals surface area contributed by atoms with Gasteiger partial charge in [0.25, 0.3) is 0 Å². The fourth-order valence-electron chi connectivity index (χ4n) is 13.0. The second kappa shape index (κ2) is 13.4. The number of hydrogen-bond donors (Lipinski definition) is 1. The van der Waals surface area contributed by atoms with E-state index in [-0.39, 0.29) is 21.7 Å². The van der Waals surface area contributed by atoms with Crippen LogP contribution in [0, 0.1) is 0 Å². The van der Waals surface area contributed by atoms with Gasteiger partial charge < -0.3 is 14.3 Å². The molecule has 68 heavy (non-hydrogen) atoms. The van der Waals surface area contributed by atoms with Crippen LogP contribution in [0.3, 0.4) is 0 Å². The molecule has 1 aliphatic heterocycles. The Balaban J connectivity index is 1.18. The minimum absolute atomic E-state index is 0.0485. The van der Waals surface area contributed by atoms with Crippen LogP contribution in [-0.2, 0) is 21.7 Å². The van der Waals surface area contributed by atoms with Gasteiger partial charge in [-0.05, 0) is 140 Å². The molecule has 0 amide bonds. The van der Waals surface area contributed by atoms with Crippen LogP contribution in [0.4, 0.5) is 11.4 Å². The quantitative estimate of drug-likeness (QED) is 0.179. The van der Waals surface area contributed by atoms with Gasteiger partial charge in [0.2, 0.25) is 0 Å². The lowest BCUT2D eigenvalue weighted by atomic mass is 9.57. The van der Waals surface area contributed by atoms with E-state index in [1.807, 2.05) is 11.3 Å². The summed E-state index contributed by atoms with van der Waals surface area (Å²) in [5.41, 5.74) is 23.1. The third-order valence-corrected chi connectivity index (χ3v) is 17.9. The Labute approximate surface area is 403 Å². The standard InChI is InChI=1S/C63H55BN2OS/c1-60(2,3)34-22-24-35(25-23-34)65-47-33-53-40(37-17-12-15-21-52(37)68-53)28-41(47)56-57-54(38-18-10-13-19-43(38)63(57,8)9)55-42-29-44-45(62(6,7)27-26-61(44,4)5)31-48(42)66-49-30-39-36-16-11-14-20-50(36)67-51(39)32-46(49)64-58(56)59(55)66/h10-25,28-33,64-65H,26-27H2,1-9H3. The first-order valence-electron chi connectivity index (χ1n) is 24.7. The molecule has 8 aromatic carbocycles. The lowest BCUT2D eigenvalue weighted by molar-refractivity contribution is 0.332. The van der Waals surface area contributed by atoms with Gasteiger partial charge in [0.15, 0.2) is 7.28 Å². The van der Waals surface area contributed by atoms with Crippen molar-refractivity contribution in [1.29, 1.82) is 0 Å². The molecule has 0 bridgehead atoms. The van der Waals surface area contributed by atoms with Crippen LogP contribution in [0.15, 0.2) is 138 Å². The molecule has 0 atom stereocenters. The molecule has 14 rings (SSSR count). The number of nitrogens with one attached hydrogen (secondary N) is 1. The summed E-state index contributed by atoms with van der Waals surface area (Å²) in [7, 11) is 0.781. The van der Waals surface area contributed by atoms with Crippen molar-refractivity contribution in [2.45, 2.75) is 96.8 Å². The number of anilines is 2. The summed E-state index contributed by atoms with van der Waals surface area (Å²) >= 11 is 1.89. The van der Waals surface area contributed by atoms with Crippen LogP contribution >= 0.6 is 11.3 Å². The van der Waals surface area contributed by atoms with Crippen LogP contribution in [0.1, 0.15) is 103 Å². The van der Waals surface area contributed by atoms with E-state index >= 15 is 0 Å². The van der Waals surface area contributed by atoms with Crippen LogP contribution in [0.2, 0.25) is 0 Å². The van der Waals surface area contributed by atoms with Crippen LogP contribution in [-0.4, -0.2) is 11.8 Å². The highest BCUT2D eigenvalue weighted by atomic mass is 32.1. The molecule has 0 saturated carbocycles. The van der Waals surface area contributed by atoms with Crippen LogP contribution in [0.5, 0.6) is 0 Å². The van der Waals surface area contributed by atoms with E-state index in [0.29, 0.717) is 0 Å². The topological polar surface area (TPSA) is 30.1 Å². The Morgan fingerprint density at radius 2 is 1.31 bits per heavy atom. The highest BCUT2D eigenvalue weighted by Crippen LogP contribution is 2.59. The molecular weight excluding hydrogens is 844 g/mol. The number of hydrogen-bond acceptors (Lipinski definition) is 3. The lowest BCUT2D eigenvalue weighted by Crippen LogP contribution is -2.38. The van der Waals surface area contributed by atoms with Crippen LogP contribution < -0.4 is 16.2 Å². The Morgan fingerprint density at radius 1 is 0.603 bits per heavy atom. The zero-order valence-electron chi connectivity index (χ0n) is 40.6. The van der Waals surface area contributed by atoms with Gasteiger partial charge in [0, 0.05) is 75.3 Å². The molecule has 1 N–H and O–H groups in total. The molecular formula is C63H55BN2OS. The summed E-state index contributed by atoms with van der Waals surface area (Å²) in [4.78, 5) is 0. The number of rotatable bonds is 3. The lowest BCUT2D eigenvalue weighted by Gasteiger charge is -2.42. The van der Waals surface area contributed by atoms with Gasteiger partial charge in [-0.2, -0.15) is 0 Å². The normalized spacial score (nSPS) is 16.4. The predicted molar refractivity (Wildman–Crippen MR) is 294 cm³/mol. The fraction of sp³-hybridized carbons (Fsp3) is 0.238. The van der Waals surface area contributed by atoms with Gasteiger partial charge in [-0.3, -0.25) is 0 Å². The molecule has 0 saturated heterocycles. The molecule has 11 aromatic rings. The van der Waals surface area contributed by atoms with Gasteiger partial charge in [-0.25, -0.2) is 0 Å². The van der Waals surface area contributed by atoms with Gasteiger partial charge in [-0.15, -0.1) is 11.3 Å². The minimum atomic E-state index is -0.296. The van der Waals surface area contributed by atoms with E-state index in [0.717, 1.165) is 41.6 Å². The second-order valence-corrected chi connectivity index (χ2v) is 24.3. The van der Waals surface area contributed by atoms with Crippen molar-refractivity contribution in [3.63, 3.8) is 0 Å². The predicted octanol–water partition coefficient (Wildman–Crippen LogP) is 16.1. The van der Waals surface area contributed by atoms with E-state index < -0.39 is 0 Å². The Hall–Kier alpha value is -6.56. The summed E-state index contributed by atoms with van der Waals surface area (Å²) in [6.45, 7) is 21.7. The molecule has 3 aliphatic rings. The fourth-order valence-corrected chi connectivity index (χ4v) is 14.2. The highest BCUT2D eigenvalue weighted by molar-refractivity contribution is 7.25. The second-order valence-electron chi connectivity index (χ2n) is 23.2. The van der Waals surface area contributed by atoms with Gasteiger partial charge in [-0.1, -0.05) is 141 Å². The maximum Gasteiger partial charge on any atom is 0.198 e. The van der Waals surface area contributed by atoms with Gasteiger partial charge >= 0.3 is 0 Å². The van der Waals surface area contributed by atoms with Gasteiger partial charge in [0.1, 0.15) is 11.2 Å². The van der Waals surface area contributed by atoms with E-state index in [1.54, 1.807) is 0 Å². The maximum absolute atomic E-state index is 6.71. The first-order valence-corrected chi connectivity index (χ1v) is 25.5. The number of fused-ring (bicyclic) bond motifs is 16. The van der Waals surface area contributed by atoms with Crippen molar-refractivity contribution in [2.24, 2.45) is 0 Å². The molecule has 3 aromatic heterocycles. The van der Waals surface area contributed by atoms with E-state index in [4.69, 9.17) is 4.42 Å². The van der Waals surface area contributed by atoms with E-state index in [2.05, 4.69) is 206 Å². The molecule has 0 fully saturated rings. The third-order valence-electron chi connectivity index (χ3n) is 16.8. The number of benzene rings is 8. The molecule has 332 valence electrons. The van der Waals surface area contributed by atoms with E-state index in [1.165, 1.54) is 120 Å². The number of para-hydroxylation sites is 1.